The van der Waals surface area contributed by atoms with Crippen molar-refractivity contribution in [3.63, 3.8) is 0 Å². The van der Waals surface area contributed by atoms with Crippen molar-refractivity contribution >= 4 is 17.1 Å². The van der Waals surface area contributed by atoms with Gasteiger partial charge in [0, 0.05) is 27.4 Å². The lowest BCUT2D eigenvalue weighted by atomic mass is 10.0. The van der Waals surface area contributed by atoms with Crippen LogP contribution in [0.3, 0.4) is 0 Å². The molecule has 0 unspecified atom stereocenters. The molecule has 0 spiro atoms. The Morgan fingerprint density at radius 3 is 1.54 bits per heavy atom. The second-order valence-electron chi connectivity index (χ2n) is 5.57. The molecule has 7 heteroatoms. The SMILES string of the molecule is CCO[SiH](OCC)[Si](OC)(OC)OC(c1ccccc1)c1ccccc1. The van der Waals surface area contributed by atoms with Crippen molar-refractivity contribution < 1.29 is 22.1 Å². The van der Waals surface area contributed by atoms with E-state index in [2.05, 4.69) is 0 Å². The Labute approximate surface area is 158 Å². The second-order valence-corrected chi connectivity index (χ2v) is 12.7. The number of rotatable bonds is 11. The molecule has 0 radical (unpaired) electrons. The smallest absolute Gasteiger partial charge is 0.394 e. The zero-order valence-electron chi connectivity index (χ0n) is 15.9. The van der Waals surface area contributed by atoms with Gasteiger partial charge in [-0.25, -0.2) is 0 Å². The summed E-state index contributed by atoms with van der Waals surface area (Å²) in [7, 11) is -2.24. The van der Waals surface area contributed by atoms with E-state index in [1.165, 1.54) is 0 Å². The lowest BCUT2D eigenvalue weighted by Gasteiger charge is -2.35. The van der Waals surface area contributed by atoms with E-state index in [9.17, 15) is 0 Å². The van der Waals surface area contributed by atoms with Gasteiger partial charge in [0.2, 0.25) is 0 Å². The molecule has 2 rings (SSSR count). The molecule has 2 aromatic rings. The van der Waals surface area contributed by atoms with Crippen LogP contribution in [0.4, 0.5) is 0 Å². The Bertz CT molecular complexity index is 577. The summed E-state index contributed by atoms with van der Waals surface area (Å²) in [5, 5.41) is 0. The zero-order chi connectivity index (χ0) is 18.8. The Kier molecular flexibility index (Phi) is 8.66. The zero-order valence-corrected chi connectivity index (χ0v) is 18.0. The third-order valence-corrected chi connectivity index (χ3v) is 12.1. The Hall–Kier alpha value is -1.33. The van der Waals surface area contributed by atoms with Gasteiger partial charge in [-0.3, -0.25) is 0 Å². The third-order valence-electron chi connectivity index (χ3n) is 3.98. The van der Waals surface area contributed by atoms with E-state index >= 15 is 0 Å². The Morgan fingerprint density at radius 1 is 0.769 bits per heavy atom. The maximum absolute atomic E-state index is 6.58. The summed E-state index contributed by atoms with van der Waals surface area (Å²) in [6, 6.07) is 20.1. The van der Waals surface area contributed by atoms with E-state index in [-0.39, 0.29) is 6.10 Å². The van der Waals surface area contributed by atoms with Crippen molar-refractivity contribution in [3.05, 3.63) is 71.8 Å². The van der Waals surface area contributed by atoms with E-state index in [0.717, 1.165) is 11.1 Å². The largest absolute Gasteiger partial charge is 0.535 e. The average molecular weight is 393 g/mol. The van der Waals surface area contributed by atoms with Gasteiger partial charge in [0.25, 0.3) is 0 Å². The Morgan fingerprint density at radius 2 is 1.19 bits per heavy atom. The summed E-state index contributed by atoms with van der Waals surface area (Å²) in [5.74, 6) is 0. The molecule has 2 aromatic carbocycles. The third kappa shape index (κ3) is 5.11. The van der Waals surface area contributed by atoms with Gasteiger partial charge >= 0.3 is 17.1 Å². The highest BCUT2D eigenvalue weighted by Gasteiger charge is 2.55. The fraction of sp³-hybridized carbons (Fsp3) is 0.368. The predicted octanol–water partition coefficient (Wildman–Crippen LogP) is 3.40. The molecule has 0 aromatic heterocycles. The first-order chi connectivity index (χ1) is 12.7. The molecule has 0 amide bonds. The molecule has 0 bridgehead atoms. The molecule has 26 heavy (non-hydrogen) atoms. The molecule has 0 saturated heterocycles. The summed E-state index contributed by atoms with van der Waals surface area (Å²) in [6.45, 7) is 4.94. The van der Waals surface area contributed by atoms with Crippen molar-refractivity contribution in [2.45, 2.75) is 20.0 Å². The van der Waals surface area contributed by atoms with Gasteiger partial charge in [0.1, 0.15) is 6.10 Å². The first-order valence-electron chi connectivity index (χ1n) is 8.81. The van der Waals surface area contributed by atoms with Crippen LogP contribution in [-0.2, 0) is 22.1 Å². The fourth-order valence-corrected chi connectivity index (χ4v) is 9.42. The van der Waals surface area contributed by atoms with Gasteiger partial charge in [0.15, 0.2) is 0 Å². The molecule has 0 aliphatic carbocycles. The molecule has 0 atom stereocenters. The van der Waals surface area contributed by atoms with Crippen LogP contribution in [0.2, 0.25) is 0 Å². The Balaban J connectivity index is 2.42. The van der Waals surface area contributed by atoms with Gasteiger partial charge in [-0.05, 0) is 25.0 Å². The minimum absolute atomic E-state index is 0.320. The van der Waals surface area contributed by atoms with Crippen LogP contribution in [0, 0.1) is 0 Å². The van der Waals surface area contributed by atoms with Crippen molar-refractivity contribution in [2.75, 3.05) is 27.4 Å². The van der Waals surface area contributed by atoms with E-state index in [0.29, 0.717) is 13.2 Å². The van der Waals surface area contributed by atoms with Crippen LogP contribution in [0.25, 0.3) is 0 Å². The van der Waals surface area contributed by atoms with Crippen LogP contribution in [-0.4, -0.2) is 44.6 Å². The summed E-state index contributed by atoms with van der Waals surface area (Å²) in [4.78, 5) is 0. The quantitative estimate of drug-likeness (QED) is 0.549. The van der Waals surface area contributed by atoms with Crippen LogP contribution in [0.15, 0.2) is 60.7 Å². The minimum atomic E-state index is -3.15. The molecule has 0 N–H and O–H groups in total. The van der Waals surface area contributed by atoms with Crippen molar-refractivity contribution in [1.29, 1.82) is 0 Å². The summed E-state index contributed by atoms with van der Waals surface area (Å²) >= 11 is 0. The lowest BCUT2D eigenvalue weighted by molar-refractivity contribution is 0.0711. The van der Waals surface area contributed by atoms with Crippen LogP contribution in [0.5, 0.6) is 0 Å². The highest BCUT2D eigenvalue weighted by atomic mass is 29.3. The first kappa shape index (κ1) is 21.0. The number of benzene rings is 2. The monoisotopic (exact) mass is 392 g/mol. The standard InChI is InChI=1S/C19H28O5Si2/c1-5-22-25(23-6-2)26(20-3,21-4)24-19(17-13-9-7-10-14-17)18-15-11-8-12-16-18/h7-16,19,25H,5-6H2,1-4H3. The minimum Gasteiger partial charge on any atom is -0.394 e. The van der Waals surface area contributed by atoms with E-state index < -0.39 is 17.1 Å². The molecule has 5 nitrogen and oxygen atoms in total. The van der Waals surface area contributed by atoms with Crippen molar-refractivity contribution in [1.82, 2.24) is 0 Å². The van der Waals surface area contributed by atoms with Gasteiger partial charge < -0.3 is 22.1 Å². The van der Waals surface area contributed by atoms with Gasteiger partial charge in [-0.1, -0.05) is 60.7 Å². The molecule has 0 fully saturated rings. The summed E-state index contributed by atoms with van der Waals surface area (Å²) in [5.41, 5.74) is 2.07. The highest BCUT2D eigenvalue weighted by molar-refractivity contribution is 7.19. The molecule has 0 aliphatic heterocycles. The first-order valence-corrected chi connectivity index (χ1v) is 13.3. The predicted molar refractivity (Wildman–Crippen MR) is 106 cm³/mol. The fourth-order valence-electron chi connectivity index (χ4n) is 2.73. The average Bonchev–Trinajstić information content (AvgIpc) is 2.71. The second kappa shape index (κ2) is 10.7. The highest BCUT2D eigenvalue weighted by Crippen LogP contribution is 2.31. The van der Waals surface area contributed by atoms with Crippen LogP contribution < -0.4 is 0 Å². The molecular formula is C19H28O5Si2. The topological polar surface area (TPSA) is 46.2 Å². The van der Waals surface area contributed by atoms with E-state index in [1.54, 1.807) is 14.2 Å². The van der Waals surface area contributed by atoms with Crippen LogP contribution >= 0.6 is 0 Å². The molecular weight excluding hydrogens is 364 g/mol. The van der Waals surface area contributed by atoms with Gasteiger partial charge in [-0.2, -0.15) is 0 Å². The number of hydrogen-bond donors (Lipinski definition) is 0. The van der Waals surface area contributed by atoms with E-state index in [4.69, 9.17) is 22.1 Å². The van der Waals surface area contributed by atoms with Crippen molar-refractivity contribution in [2.24, 2.45) is 0 Å². The lowest BCUT2D eigenvalue weighted by Crippen LogP contribution is -2.61. The normalized spacial score (nSPS) is 12.1. The molecule has 142 valence electrons. The van der Waals surface area contributed by atoms with Crippen LogP contribution in [0.1, 0.15) is 31.1 Å². The number of hydrogen-bond acceptors (Lipinski definition) is 5. The maximum Gasteiger partial charge on any atom is 0.535 e. The summed E-state index contributed by atoms with van der Waals surface area (Å²) < 4.78 is 30.1. The van der Waals surface area contributed by atoms with Gasteiger partial charge in [0.05, 0.1) is 0 Å². The van der Waals surface area contributed by atoms with E-state index in [1.807, 2.05) is 74.5 Å². The maximum atomic E-state index is 6.58. The van der Waals surface area contributed by atoms with Crippen molar-refractivity contribution in [3.8, 4) is 0 Å². The van der Waals surface area contributed by atoms with Gasteiger partial charge in [-0.15, -0.1) is 0 Å². The molecule has 0 saturated carbocycles. The molecule has 0 aliphatic rings. The molecule has 0 heterocycles. The summed E-state index contributed by atoms with van der Waals surface area (Å²) in [6.07, 6.45) is -0.320.